The van der Waals surface area contributed by atoms with E-state index >= 15 is 0 Å². The lowest BCUT2D eigenvalue weighted by atomic mass is 9.85. The maximum atomic E-state index is 5.24. The number of fused-ring (bicyclic) bond motifs is 1. The van der Waals surface area contributed by atoms with Gasteiger partial charge in [0.25, 0.3) is 0 Å². The Labute approximate surface area is 120 Å². The molecule has 20 heavy (non-hydrogen) atoms. The average molecular weight is 270 g/mol. The topological polar surface area (TPSA) is 38.1 Å². The Morgan fingerprint density at radius 2 is 2.05 bits per heavy atom. The predicted octanol–water partition coefficient (Wildman–Crippen LogP) is 3.70. The quantitative estimate of drug-likeness (QED) is 0.924. The first-order chi connectivity index (χ1) is 9.49. The SMILES string of the molecule is Cc1noc(C)c1CNC1c2ccccc2CC1(C)C. The molecule has 0 bridgehead atoms. The lowest BCUT2D eigenvalue weighted by molar-refractivity contribution is 0.267. The van der Waals surface area contributed by atoms with E-state index in [-0.39, 0.29) is 5.41 Å². The van der Waals surface area contributed by atoms with Crippen LogP contribution < -0.4 is 5.32 Å². The molecule has 0 aliphatic heterocycles. The lowest BCUT2D eigenvalue weighted by Crippen LogP contribution is -2.31. The van der Waals surface area contributed by atoms with Crippen LogP contribution >= 0.6 is 0 Å². The molecule has 1 unspecified atom stereocenters. The summed E-state index contributed by atoms with van der Waals surface area (Å²) < 4.78 is 5.24. The third-order valence-electron chi connectivity index (χ3n) is 4.46. The van der Waals surface area contributed by atoms with Crippen molar-refractivity contribution in [2.45, 2.75) is 46.7 Å². The van der Waals surface area contributed by atoms with Gasteiger partial charge in [0.05, 0.1) is 5.69 Å². The number of hydrogen-bond acceptors (Lipinski definition) is 3. The van der Waals surface area contributed by atoms with Crippen LogP contribution in [0.25, 0.3) is 0 Å². The van der Waals surface area contributed by atoms with Crippen LogP contribution in [-0.2, 0) is 13.0 Å². The number of benzene rings is 1. The standard InChI is InChI=1S/C17H22N2O/c1-11-15(12(2)20-19-11)10-18-16-14-8-6-5-7-13(14)9-17(16,3)4/h5-8,16,18H,9-10H2,1-4H3. The Bertz CT molecular complexity index is 608. The van der Waals surface area contributed by atoms with Crippen molar-refractivity contribution < 1.29 is 4.52 Å². The van der Waals surface area contributed by atoms with E-state index < -0.39 is 0 Å². The van der Waals surface area contributed by atoms with Gasteiger partial charge in [-0.3, -0.25) is 0 Å². The second kappa shape index (κ2) is 4.74. The van der Waals surface area contributed by atoms with Crippen molar-refractivity contribution in [1.29, 1.82) is 0 Å². The first kappa shape index (κ1) is 13.4. The van der Waals surface area contributed by atoms with Gasteiger partial charge in [-0.25, -0.2) is 0 Å². The fourth-order valence-electron chi connectivity index (χ4n) is 3.34. The van der Waals surface area contributed by atoms with Gasteiger partial charge < -0.3 is 9.84 Å². The molecule has 1 atom stereocenters. The van der Waals surface area contributed by atoms with E-state index in [1.807, 2.05) is 13.8 Å². The van der Waals surface area contributed by atoms with Gasteiger partial charge in [-0.15, -0.1) is 0 Å². The summed E-state index contributed by atoms with van der Waals surface area (Å²) >= 11 is 0. The molecule has 1 aliphatic carbocycles. The van der Waals surface area contributed by atoms with E-state index in [9.17, 15) is 0 Å². The van der Waals surface area contributed by atoms with Gasteiger partial charge in [-0.2, -0.15) is 0 Å². The van der Waals surface area contributed by atoms with Crippen molar-refractivity contribution in [3.05, 3.63) is 52.4 Å². The molecular formula is C17H22N2O. The van der Waals surface area contributed by atoms with Crippen LogP contribution in [0.15, 0.2) is 28.8 Å². The third kappa shape index (κ3) is 2.16. The molecule has 1 aromatic carbocycles. The molecule has 3 nitrogen and oxygen atoms in total. The largest absolute Gasteiger partial charge is 0.361 e. The summed E-state index contributed by atoms with van der Waals surface area (Å²) in [4.78, 5) is 0. The van der Waals surface area contributed by atoms with Gasteiger partial charge in [-0.05, 0) is 36.8 Å². The number of hydrogen-bond donors (Lipinski definition) is 1. The van der Waals surface area contributed by atoms with Crippen LogP contribution in [-0.4, -0.2) is 5.16 Å². The molecule has 3 rings (SSSR count). The summed E-state index contributed by atoms with van der Waals surface area (Å²) in [6.07, 6.45) is 1.13. The van der Waals surface area contributed by atoms with Gasteiger partial charge in [0.1, 0.15) is 5.76 Å². The van der Waals surface area contributed by atoms with Crippen LogP contribution in [0.3, 0.4) is 0 Å². The van der Waals surface area contributed by atoms with Crippen molar-refractivity contribution in [3.63, 3.8) is 0 Å². The van der Waals surface area contributed by atoms with Crippen molar-refractivity contribution in [2.24, 2.45) is 5.41 Å². The Kier molecular flexibility index (Phi) is 3.17. The van der Waals surface area contributed by atoms with E-state index in [1.54, 1.807) is 0 Å². The highest BCUT2D eigenvalue weighted by atomic mass is 16.5. The van der Waals surface area contributed by atoms with Crippen LogP contribution in [0.5, 0.6) is 0 Å². The van der Waals surface area contributed by atoms with E-state index in [2.05, 4.69) is 48.6 Å². The smallest absolute Gasteiger partial charge is 0.138 e. The number of nitrogens with zero attached hydrogens (tertiary/aromatic N) is 1. The second-order valence-electron chi connectivity index (χ2n) is 6.48. The molecule has 0 radical (unpaired) electrons. The molecular weight excluding hydrogens is 248 g/mol. The number of aryl methyl sites for hydroxylation is 2. The van der Waals surface area contributed by atoms with Gasteiger partial charge in [0.2, 0.25) is 0 Å². The van der Waals surface area contributed by atoms with Crippen molar-refractivity contribution >= 4 is 0 Å². The molecule has 1 aliphatic rings. The second-order valence-corrected chi connectivity index (χ2v) is 6.48. The molecule has 1 aromatic heterocycles. The number of aromatic nitrogens is 1. The zero-order valence-corrected chi connectivity index (χ0v) is 12.7. The number of nitrogens with one attached hydrogen (secondary N) is 1. The summed E-state index contributed by atoms with van der Waals surface area (Å²) in [5.74, 6) is 0.916. The molecule has 0 fully saturated rings. The Morgan fingerprint density at radius 1 is 1.30 bits per heavy atom. The van der Waals surface area contributed by atoms with Crippen LogP contribution in [0.2, 0.25) is 0 Å². The first-order valence-corrected chi connectivity index (χ1v) is 7.22. The fourth-order valence-corrected chi connectivity index (χ4v) is 3.34. The summed E-state index contributed by atoms with van der Waals surface area (Å²) in [6.45, 7) is 9.45. The highest BCUT2D eigenvalue weighted by Crippen LogP contribution is 2.45. The molecule has 3 heteroatoms. The van der Waals surface area contributed by atoms with Crippen LogP contribution in [0.4, 0.5) is 0 Å². The zero-order valence-electron chi connectivity index (χ0n) is 12.7. The summed E-state index contributed by atoms with van der Waals surface area (Å²) in [7, 11) is 0. The van der Waals surface area contributed by atoms with Crippen molar-refractivity contribution in [2.75, 3.05) is 0 Å². The van der Waals surface area contributed by atoms with Gasteiger partial charge in [0.15, 0.2) is 0 Å². The van der Waals surface area contributed by atoms with Gasteiger partial charge in [0, 0.05) is 18.2 Å². The van der Waals surface area contributed by atoms with E-state index in [4.69, 9.17) is 4.52 Å². The minimum absolute atomic E-state index is 0.239. The predicted molar refractivity (Wildman–Crippen MR) is 79.5 cm³/mol. The lowest BCUT2D eigenvalue weighted by Gasteiger charge is -2.28. The molecule has 1 N–H and O–H groups in total. The van der Waals surface area contributed by atoms with Crippen LogP contribution in [0.1, 0.15) is 48.0 Å². The van der Waals surface area contributed by atoms with E-state index in [1.165, 1.54) is 16.7 Å². The summed E-state index contributed by atoms with van der Waals surface area (Å²) in [6, 6.07) is 9.13. The number of rotatable bonds is 3. The fraction of sp³-hybridized carbons (Fsp3) is 0.471. The van der Waals surface area contributed by atoms with E-state index in [0.29, 0.717) is 6.04 Å². The molecule has 0 saturated carbocycles. The molecule has 1 heterocycles. The highest BCUT2D eigenvalue weighted by Gasteiger charge is 2.38. The molecule has 106 valence electrons. The highest BCUT2D eigenvalue weighted by molar-refractivity contribution is 5.37. The Morgan fingerprint density at radius 3 is 2.75 bits per heavy atom. The first-order valence-electron chi connectivity index (χ1n) is 7.22. The Balaban J connectivity index is 1.83. The van der Waals surface area contributed by atoms with Crippen LogP contribution in [0, 0.1) is 19.3 Å². The summed E-state index contributed by atoms with van der Waals surface area (Å²) in [5, 5.41) is 7.74. The molecule has 0 spiro atoms. The maximum Gasteiger partial charge on any atom is 0.138 e. The monoisotopic (exact) mass is 270 g/mol. The maximum absolute atomic E-state index is 5.24. The minimum atomic E-state index is 0.239. The van der Waals surface area contributed by atoms with Crippen molar-refractivity contribution in [3.8, 4) is 0 Å². The molecule has 0 amide bonds. The zero-order chi connectivity index (χ0) is 14.3. The Hall–Kier alpha value is -1.61. The summed E-state index contributed by atoms with van der Waals surface area (Å²) in [5.41, 5.74) is 5.31. The van der Waals surface area contributed by atoms with Gasteiger partial charge in [-0.1, -0.05) is 43.3 Å². The van der Waals surface area contributed by atoms with Gasteiger partial charge >= 0.3 is 0 Å². The molecule has 0 saturated heterocycles. The third-order valence-corrected chi connectivity index (χ3v) is 4.46. The molecule has 2 aromatic rings. The minimum Gasteiger partial charge on any atom is -0.361 e. The average Bonchev–Trinajstić information content (AvgIpc) is 2.84. The van der Waals surface area contributed by atoms with Crippen molar-refractivity contribution in [1.82, 2.24) is 10.5 Å². The van der Waals surface area contributed by atoms with E-state index in [0.717, 1.165) is 24.4 Å². The normalized spacial score (nSPS) is 20.1.